The zero-order chi connectivity index (χ0) is 14.5. The number of imidazole rings is 1. The minimum atomic E-state index is 0.896. The lowest BCUT2D eigenvalue weighted by Crippen LogP contribution is -2.04. The van der Waals surface area contributed by atoms with Crippen LogP contribution in [0.2, 0.25) is 0 Å². The molecule has 0 aliphatic carbocycles. The van der Waals surface area contributed by atoms with Gasteiger partial charge in [0, 0.05) is 24.7 Å². The molecule has 0 fully saturated rings. The topological polar surface area (TPSA) is 42.2 Å². The predicted octanol–water partition coefficient (Wildman–Crippen LogP) is 3.84. The van der Waals surface area contributed by atoms with E-state index in [4.69, 9.17) is 4.98 Å². The van der Waals surface area contributed by atoms with Gasteiger partial charge in [0.1, 0.15) is 10.8 Å². The van der Waals surface area contributed by atoms with E-state index in [2.05, 4.69) is 41.5 Å². The summed E-state index contributed by atoms with van der Waals surface area (Å²) in [5, 5.41) is 4.30. The van der Waals surface area contributed by atoms with Crippen molar-refractivity contribution in [3.05, 3.63) is 54.5 Å². The lowest BCUT2D eigenvalue weighted by Gasteiger charge is -2.08. The molecule has 0 unspecified atom stereocenters. The van der Waals surface area contributed by atoms with E-state index >= 15 is 0 Å². The summed E-state index contributed by atoms with van der Waals surface area (Å²) in [6.07, 6.45) is 6.84. The van der Waals surface area contributed by atoms with Crippen LogP contribution in [0, 0.1) is 0 Å². The molecule has 0 atom stereocenters. The summed E-state index contributed by atoms with van der Waals surface area (Å²) in [5.41, 5.74) is 2.21. The van der Waals surface area contributed by atoms with Crippen LogP contribution in [0.1, 0.15) is 18.9 Å². The smallest absolute Gasteiger partial charge is 0.169 e. The first-order valence-electron chi connectivity index (χ1n) is 7.11. The van der Waals surface area contributed by atoms with Crippen LogP contribution in [0.25, 0.3) is 5.65 Å². The van der Waals surface area contributed by atoms with Crippen molar-refractivity contribution in [2.75, 3.05) is 11.9 Å². The van der Waals surface area contributed by atoms with E-state index in [9.17, 15) is 0 Å². The second-order valence-corrected chi connectivity index (χ2v) is 5.75. The van der Waals surface area contributed by atoms with Crippen LogP contribution < -0.4 is 5.32 Å². The van der Waals surface area contributed by atoms with Crippen molar-refractivity contribution in [1.82, 2.24) is 14.4 Å². The lowest BCUT2D eigenvalue weighted by atomic mass is 10.2. The molecular formula is C16H18N4S. The van der Waals surface area contributed by atoms with Gasteiger partial charge in [-0.3, -0.25) is 0 Å². The van der Waals surface area contributed by atoms with Gasteiger partial charge in [-0.25, -0.2) is 9.97 Å². The van der Waals surface area contributed by atoms with Crippen LogP contribution in [0.5, 0.6) is 0 Å². The van der Waals surface area contributed by atoms with Gasteiger partial charge >= 0.3 is 0 Å². The van der Waals surface area contributed by atoms with Gasteiger partial charge < -0.3 is 9.72 Å². The quantitative estimate of drug-likeness (QED) is 0.702. The van der Waals surface area contributed by atoms with Crippen LogP contribution in [0.3, 0.4) is 0 Å². The molecule has 2 heterocycles. The summed E-state index contributed by atoms with van der Waals surface area (Å²) in [7, 11) is 0. The number of rotatable bonds is 6. The minimum absolute atomic E-state index is 0.896. The monoisotopic (exact) mass is 298 g/mol. The molecule has 21 heavy (non-hydrogen) atoms. The Morgan fingerprint density at radius 2 is 2.10 bits per heavy atom. The number of anilines is 1. The van der Waals surface area contributed by atoms with Crippen LogP contribution in [0.4, 0.5) is 5.82 Å². The number of nitrogens with one attached hydrogen (secondary N) is 1. The molecule has 5 heteroatoms. The molecule has 0 aliphatic rings. The molecule has 108 valence electrons. The fourth-order valence-electron chi connectivity index (χ4n) is 2.06. The first-order chi connectivity index (χ1) is 10.4. The molecule has 1 N–H and O–H groups in total. The van der Waals surface area contributed by atoms with Crippen molar-refractivity contribution in [3.63, 3.8) is 0 Å². The average Bonchev–Trinajstić information content (AvgIpc) is 3.00. The van der Waals surface area contributed by atoms with E-state index in [1.165, 1.54) is 5.56 Å². The largest absolute Gasteiger partial charge is 0.369 e. The van der Waals surface area contributed by atoms with Crippen LogP contribution in [-0.4, -0.2) is 20.9 Å². The standard InChI is InChI=1S/C16H18N4S/c1-2-8-17-14-11-20-10-9-18-15(20)16(19-14)21-12-13-6-4-3-5-7-13/h3-7,9-11,17H,2,8,12H2,1H3. The van der Waals surface area contributed by atoms with E-state index in [0.29, 0.717) is 0 Å². The average molecular weight is 298 g/mol. The Morgan fingerprint density at radius 3 is 2.90 bits per heavy atom. The second kappa shape index (κ2) is 6.63. The van der Waals surface area contributed by atoms with Gasteiger partial charge in [0.05, 0.1) is 6.20 Å². The van der Waals surface area contributed by atoms with Crippen molar-refractivity contribution in [2.45, 2.75) is 24.1 Å². The Balaban J connectivity index is 1.83. The van der Waals surface area contributed by atoms with Crippen molar-refractivity contribution in [3.8, 4) is 0 Å². The SMILES string of the molecule is CCCNc1cn2ccnc2c(SCc2ccccc2)n1. The van der Waals surface area contributed by atoms with Crippen molar-refractivity contribution in [1.29, 1.82) is 0 Å². The number of fused-ring (bicyclic) bond motifs is 1. The molecule has 0 saturated heterocycles. The maximum atomic E-state index is 4.69. The molecule has 0 aliphatic heterocycles. The van der Waals surface area contributed by atoms with Gasteiger partial charge in [-0.05, 0) is 12.0 Å². The molecule has 0 bridgehead atoms. The zero-order valence-electron chi connectivity index (χ0n) is 12.0. The molecule has 3 aromatic rings. The highest BCUT2D eigenvalue weighted by atomic mass is 32.2. The number of hydrogen-bond donors (Lipinski definition) is 1. The van der Waals surface area contributed by atoms with Crippen LogP contribution >= 0.6 is 11.8 Å². The minimum Gasteiger partial charge on any atom is -0.369 e. The third kappa shape index (κ3) is 3.36. The van der Waals surface area contributed by atoms with Gasteiger partial charge in [-0.1, -0.05) is 49.0 Å². The van der Waals surface area contributed by atoms with Gasteiger partial charge in [-0.2, -0.15) is 0 Å². The predicted molar refractivity (Wildman–Crippen MR) is 87.8 cm³/mol. The van der Waals surface area contributed by atoms with E-state index in [0.717, 1.165) is 35.2 Å². The molecule has 1 aromatic carbocycles. The zero-order valence-corrected chi connectivity index (χ0v) is 12.8. The maximum Gasteiger partial charge on any atom is 0.169 e. The Kier molecular flexibility index (Phi) is 4.40. The van der Waals surface area contributed by atoms with Gasteiger partial charge in [-0.15, -0.1) is 0 Å². The molecular weight excluding hydrogens is 280 g/mol. The van der Waals surface area contributed by atoms with E-state index in [1.54, 1.807) is 11.8 Å². The normalized spacial score (nSPS) is 10.9. The van der Waals surface area contributed by atoms with E-state index in [1.807, 2.05) is 29.1 Å². The van der Waals surface area contributed by atoms with E-state index in [-0.39, 0.29) is 0 Å². The number of hydrogen-bond acceptors (Lipinski definition) is 4. The lowest BCUT2D eigenvalue weighted by molar-refractivity contribution is 0.945. The number of thioether (sulfide) groups is 1. The van der Waals surface area contributed by atoms with Crippen molar-refractivity contribution < 1.29 is 0 Å². The van der Waals surface area contributed by atoms with Gasteiger partial charge in [0.15, 0.2) is 5.65 Å². The molecule has 2 aromatic heterocycles. The number of aromatic nitrogens is 3. The summed E-state index contributed by atoms with van der Waals surface area (Å²) >= 11 is 1.72. The first kappa shape index (κ1) is 13.9. The Hall–Kier alpha value is -2.01. The third-order valence-corrected chi connectivity index (χ3v) is 4.14. The summed E-state index contributed by atoms with van der Waals surface area (Å²) < 4.78 is 2.03. The van der Waals surface area contributed by atoms with Gasteiger partial charge in [0.25, 0.3) is 0 Å². The molecule has 0 spiro atoms. The molecule has 0 amide bonds. The third-order valence-electron chi connectivity index (χ3n) is 3.12. The highest BCUT2D eigenvalue weighted by Gasteiger charge is 2.08. The summed E-state index contributed by atoms with van der Waals surface area (Å²) in [6.45, 7) is 3.07. The fourth-order valence-corrected chi connectivity index (χ4v) is 3.01. The molecule has 0 radical (unpaired) electrons. The number of nitrogens with zero attached hydrogens (tertiary/aromatic N) is 3. The first-order valence-corrected chi connectivity index (χ1v) is 8.09. The Morgan fingerprint density at radius 1 is 1.24 bits per heavy atom. The second-order valence-electron chi connectivity index (χ2n) is 4.79. The van der Waals surface area contributed by atoms with E-state index < -0.39 is 0 Å². The molecule has 4 nitrogen and oxygen atoms in total. The molecule has 0 saturated carbocycles. The maximum absolute atomic E-state index is 4.69. The van der Waals surface area contributed by atoms with Crippen LogP contribution in [0.15, 0.2) is 53.9 Å². The highest BCUT2D eigenvalue weighted by molar-refractivity contribution is 7.98. The van der Waals surface area contributed by atoms with Crippen LogP contribution in [-0.2, 0) is 5.75 Å². The summed E-state index contributed by atoms with van der Waals surface area (Å²) in [5.74, 6) is 1.80. The summed E-state index contributed by atoms with van der Waals surface area (Å²) in [6, 6.07) is 10.4. The Bertz CT molecular complexity index is 709. The van der Waals surface area contributed by atoms with Gasteiger partial charge in [0.2, 0.25) is 0 Å². The van der Waals surface area contributed by atoms with Crippen molar-refractivity contribution in [2.24, 2.45) is 0 Å². The Labute approximate surface area is 128 Å². The summed E-state index contributed by atoms with van der Waals surface area (Å²) in [4.78, 5) is 9.10. The highest BCUT2D eigenvalue weighted by Crippen LogP contribution is 2.25. The number of benzene rings is 1. The van der Waals surface area contributed by atoms with Crippen molar-refractivity contribution >= 4 is 23.2 Å². The fraction of sp³-hybridized carbons (Fsp3) is 0.250. The molecule has 3 rings (SSSR count).